The molecule has 1 aromatic heterocycles. The third-order valence-electron chi connectivity index (χ3n) is 4.32. The van der Waals surface area contributed by atoms with Crippen LogP contribution in [0.25, 0.3) is 0 Å². The number of aliphatic hydroxyl groups excluding tert-OH is 1. The first-order chi connectivity index (χ1) is 11.6. The summed E-state index contributed by atoms with van der Waals surface area (Å²) in [6.07, 6.45) is 10.1. The van der Waals surface area contributed by atoms with Gasteiger partial charge in [-0.1, -0.05) is 0 Å². The minimum atomic E-state index is -0.550. The fourth-order valence-electron chi connectivity index (χ4n) is 2.94. The lowest BCUT2D eigenvalue weighted by Gasteiger charge is -2.24. The number of carbonyl (C=O) groups is 1. The van der Waals surface area contributed by atoms with Crippen molar-refractivity contribution >= 4 is 11.7 Å². The quantitative estimate of drug-likeness (QED) is 0.709. The minimum absolute atomic E-state index is 0.127. The van der Waals surface area contributed by atoms with Crippen molar-refractivity contribution in [2.24, 2.45) is 10.2 Å². The van der Waals surface area contributed by atoms with Gasteiger partial charge in [0.05, 0.1) is 6.10 Å². The van der Waals surface area contributed by atoms with Crippen LogP contribution in [-0.2, 0) is 4.79 Å². The highest BCUT2D eigenvalue weighted by atomic mass is 16.3. The monoisotopic (exact) mass is 328 g/mol. The smallest absolute Gasteiger partial charge is 0.242 e. The summed E-state index contributed by atoms with van der Waals surface area (Å²) >= 11 is 0. The van der Waals surface area contributed by atoms with Crippen molar-refractivity contribution in [2.75, 3.05) is 18.0 Å². The van der Waals surface area contributed by atoms with E-state index in [0.717, 1.165) is 0 Å². The molecule has 1 saturated heterocycles. The summed E-state index contributed by atoms with van der Waals surface area (Å²) in [7, 11) is 0. The van der Waals surface area contributed by atoms with Crippen LogP contribution in [0.5, 0.6) is 0 Å². The van der Waals surface area contributed by atoms with Gasteiger partial charge in [0.2, 0.25) is 5.91 Å². The third kappa shape index (κ3) is 3.68. The molecule has 0 aliphatic carbocycles. The summed E-state index contributed by atoms with van der Waals surface area (Å²) in [5.74, 6) is 3.09. The first-order valence-corrected chi connectivity index (χ1v) is 7.99. The normalized spacial score (nSPS) is 23.8. The number of nitrogens with zero attached hydrogens (tertiary/aromatic N) is 5. The van der Waals surface area contributed by atoms with E-state index in [2.05, 4.69) is 31.4 Å². The van der Waals surface area contributed by atoms with Crippen LogP contribution in [0.15, 0.2) is 28.8 Å². The molecule has 0 saturated carbocycles. The summed E-state index contributed by atoms with van der Waals surface area (Å²) in [5, 5.41) is 20.9. The minimum Gasteiger partial charge on any atom is -0.391 e. The second-order valence-electron chi connectivity index (χ2n) is 6.05. The second kappa shape index (κ2) is 6.93. The van der Waals surface area contributed by atoms with Crippen molar-refractivity contribution in [1.82, 2.24) is 15.3 Å². The van der Waals surface area contributed by atoms with Gasteiger partial charge < -0.3 is 15.3 Å². The van der Waals surface area contributed by atoms with E-state index in [-0.39, 0.29) is 5.91 Å². The molecule has 0 radical (unpaired) electrons. The Morgan fingerprint density at radius 2 is 2.33 bits per heavy atom. The summed E-state index contributed by atoms with van der Waals surface area (Å²) in [5.41, 5.74) is -0.402. The molecule has 2 N–H and O–H groups in total. The molecular weight excluding hydrogens is 308 g/mol. The molecule has 126 valence electrons. The van der Waals surface area contributed by atoms with Crippen LogP contribution >= 0.6 is 0 Å². The van der Waals surface area contributed by atoms with Crippen molar-refractivity contribution in [3.8, 4) is 12.3 Å². The lowest BCUT2D eigenvalue weighted by atomic mass is 10.0. The average molecular weight is 328 g/mol. The summed E-state index contributed by atoms with van der Waals surface area (Å²) < 4.78 is 0. The van der Waals surface area contributed by atoms with Crippen LogP contribution in [0.1, 0.15) is 25.7 Å². The van der Waals surface area contributed by atoms with E-state index in [1.54, 1.807) is 12.3 Å². The van der Waals surface area contributed by atoms with E-state index in [0.29, 0.717) is 44.6 Å². The number of carbonyl (C=O) groups excluding carboxylic acids is 1. The lowest BCUT2D eigenvalue weighted by molar-refractivity contribution is -0.122. The molecule has 2 aliphatic rings. The number of hydrogen-bond acceptors (Lipinski definition) is 7. The van der Waals surface area contributed by atoms with Gasteiger partial charge in [0.1, 0.15) is 18.2 Å². The number of nitrogens with one attached hydrogen (secondary N) is 1. The number of amides is 1. The average Bonchev–Trinajstić information content (AvgIpc) is 3.26. The van der Waals surface area contributed by atoms with Gasteiger partial charge in [-0.25, -0.2) is 9.97 Å². The van der Waals surface area contributed by atoms with Crippen molar-refractivity contribution in [1.29, 1.82) is 0 Å². The second-order valence-corrected chi connectivity index (χ2v) is 6.05. The Labute approximate surface area is 140 Å². The first kappa shape index (κ1) is 16.3. The molecule has 2 atom stereocenters. The Kier molecular flexibility index (Phi) is 4.71. The van der Waals surface area contributed by atoms with Gasteiger partial charge in [0.25, 0.3) is 0 Å². The molecule has 0 spiro atoms. The Morgan fingerprint density at radius 1 is 1.50 bits per heavy atom. The molecule has 3 heterocycles. The van der Waals surface area contributed by atoms with Crippen molar-refractivity contribution in [3.05, 3.63) is 18.6 Å². The largest absolute Gasteiger partial charge is 0.391 e. The Balaban J connectivity index is 1.53. The number of β-amino-alcohol motifs (C(OH)–C–C–N with tert-alkyl or cyclic N) is 1. The Hall–Kier alpha value is -2.53. The van der Waals surface area contributed by atoms with Crippen LogP contribution in [0, 0.1) is 12.3 Å². The van der Waals surface area contributed by atoms with Crippen LogP contribution < -0.4 is 10.2 Å². The Morgan fingerprint density at radius 3 is 3.00 bits per heavy atom. The van der Waals surface area contributed by atoms with Gasteiger partial charge >= 0.3 is 0 Å². The number of aliphatic hydroxyl groups is 1. The number of anilines is 1. The van der Waals surface area contributed by atoms with E-state index >= 15 is 0 Å². The molecule has 1 amide bonds. The number of rotatable bonds is 7. The van der Waals surface area contributed by atoms with E-state index in [1.807, 2.05) is 4.90 Å². The molecule has 0 bridgehead atoms. The van der Waals surface area contributed by atoms with Gasteiger partial charge in [-0.3, -0.25) is 4.79 Å². The number of hydrogen-bond donors (Lipinski definition) is 2. The molecule has 24 heavy (non-hydrogen) atoms. The van der Waals surface area contributed by atoms with Gasteiger partial charge in [-0.05, 0) is 6.07 Å². The van der Waals surface area contributed by atoms with Gasteiger partial charge in [0.15, 0.2) is 5.66 Å². The molecule has 8 heteroatoms. The Bertz CT molecular complexity index is 650. The fraction of sp³-hybridized carbons (Fsp3) is 0.562. The molecule has 1 fully saturated rings. The maximum atomic E-state index is 12.5. The lowest BCUT2D eigenvalue weighted by Crippen LogP contribution is -2.44. The molecule has 3 rings (SSSR count). The van der Waals surface area contributed by atoms with E-state index in [4.69, 9.17) is 6.42 Å². The maximum Gasteiger partial charge on any atom is 0.242 e. The third-order valence-corrected chi connectivity index (χ3v) is 4.32. The van der Waals surface area contributed by atoms with Crippen LogP contribution in [-0.4, -0.2) is 51.9 Å². The van der Waals surface area contributed by atoms with Crippen molar-refractivity contribution in [3.63, 3.8) is 0 Å². The highest BCUT2D eigenvalue weighted by Gasteiger charge is 2.40. The van der Waals surface area contributed by atoms with Crippen LogP contribution in [0.4, 0.5) is 5.82 Å². The molecule has 8 nitrogen and oxygen atoms in total. The van der Waals surface area contributed by atoms with Crippen molar-refractivity contribution < 1.29 is 9.90 Å². The van der Waals surface area contributed by atoms with E-state index in [1.165, 1.54) is 6.33 Å². The zero-order chi connectivity index (χ0) is 17.0. The van der Waals surface area contributed by atoms with E-state index in [9.17, 15) is 9.90 Å². The first-order valence-electron chi connectivity index (χ1n) is 7.99. The molecule has 2 unspecified atom stereocenters. The highest BCUT2D eigenvalue weighted by Crippen LogP contribution is 2.36. The standard InChI is InChI=1S/C16H20N6O2/c1-2-3-5-16(20-21-16)6-8-18-15(24)13-9-12(23)10-22(13)14-4-7-17-11-19-14/h1,4,7,11-13,23H,3,5-6,8-10H2,(H,18,24). The predicted molar refractivity (Wildman–Crippen MR) is 87.1 cm³/mol. The van der Waals surface area contributed by atoms with Gasteiger partial charge in [0, 0.05) is 45.0 Å². The van der Waals surface area contributed by atoms with Gasteiger partial charge in [-0.15, -0.1) is 12.3 Å². The summed E-state index contributed by atoms with van der Waals surface area (Å²) in [6.45, 7) is 0.854. The number of terminal acetylenes is 1. The van der Waals surface area contributed by atoms with Gasteiger partial charge in [-0.2, -0.15) is 10.2 Å². The zero-order valence-corrected chi connectivity index (χ0v) is 13.3. The predicted octanol–water partition coefficient (Wildman–Crippen LogP) is 0.498. The molecule has 1 aromatic rings. The van der Waals surface area contributed by atoms with Crippen molar-refractivity contribution in [2.45, 2.75) is 43.5 Å². The SMILES string of the molecule is C#CCCC1(CCNC(=O)C2CC(O)CN2c2ccncn2)N=N1. The molecular formula is C16H20N6O2. The van der Waals surface area contributed by atoms with Crippen LogP contribution in [0.3, 0.4) is 0 Å². The van der Waals surface area contributed by atoms with Crippen LogP contribution in [0.2, 0.25) is 0 Å². The topological polar surface area (TPSA) is 103 Å². The summed E-state index contributed by atoms with van der Waals surface area (Å²) in [6, 6.07) is 1.29. The zero-order valence-electron chi connectivity index (χ0n) is 13.3. The maximum absolute atomic E-state index is 12.5. The molecule has 2 aliphatic heterocycles. The summed E-state index contributed by atoms with van der Waals surface area (Å²) in [4.78, 5) is 22.3. The number of aromatic nitrogens is 2. The van der Waals surface area contributed by atoms with E-state index < -0.39 is 17.8 Å². The molecule has 0 aromatic carbocycles. The fourth-order valence-corrected chi connectivity index (χ4v) is 2.94. The highest BCUT2D eigenvalue weighted by molar-refractivity contribution is 5.85.